The molecule has 0 aromatic heterocycles. The smallest absolute Gasteiger partial charge is 0.168 e. The van der Waals surface area contributed by atoms with Crippen LogP contribution < -0.4 is 10.6 Å². The zero-order valence-electron chi connectivity index (χ0n) is 8.94. The topological polar surface area (TPSA) is 53.1 Å². The maximum absolute atomic E-state index is 13.9. The molecule has 0 aliphatic carbocycles. The summed E-state index contributed by atoms with van der Waals surface area (Å²) in [5.41, 5.74) is 6.66. The van der Waals surface area contributed by atoms with Crippen molar-refractivity contribution in [1.82, 2.24) is 0 Å². The summed E-state index contributed by atoms with van der Waals surface area (Å²) < 4.78 is 14.2. The van der Waals surface area contributed by atoms with Gasteiger partial charge in [-0.3, -0.25) is 0 Å². The van der Waals surface area contributed by atoms with Crippen molar-refractivity contribution in [2.24, 2.45) is 0 Å². The molecule has 0 radical (unpaired) electrons. The van der Waals surface area contributed by atoms with Gasteiger partial charge in [0, 0.05) is 25.4 Å². The molecule has 16 heavy (non-hydrogen) atoms. The molecule has 1 aromatic carbocycles. The van der Waals surface area contributed by atoms with Crippen molar-refractivity contribution in [3.8, 4) is 0 Å². The third-order valence-electron chi connectivity index (χ3n) is 2.38. The number of hydrogen-bond acceptors (Lipinski definition) is 3. The monoisotopic (exact) mass is 307 g/mol. The SMILES string of the molecule is CCN(C)c1c(N)c(C=N)c(Br)c(Cl)c1F. The first-order valence-electron chi connectivity index (χ1n) is 4.63. The Morgan fingerprint density at radius 3 is 2.62 bits per heavy atom. The highest BCUT2D eigenvalue weighted by Crippen LogP contribution is 2.40. The number of nitrogen functional groups attached to an aromatic ring is 1. The Balaban J connectivity index is 3.61. The van der Waals surface area contributed by atoms with Crippen molar-refractivity contribution >= 4 is 45.1 Å². The molecule has 0 fully saturated rings. The van der Waals surface area contributed by atoms with E-state index >= 15 is 0 Å². The number of hydrogen-bond donors (Lipinski definition) is 2. The van der Waals surface area contributed by atoms with Gasteiger partial charge in [0.1, 0.15) is 0 Å². The maximum Gasteiger partial charge on any atom is 0.168 e. The van der Waals surface area contributed by atoms with Crippen LogP contribution in [0.3, 0.4) is 0 Å². The van der Waals surface area contributed by atoms with E-state index in [0.29, 0.717) is 16.6 Å². The molecule has 6 heteroatoms. The van der Waals surface area contributed by atoms with Crippen molar-refractivity contribution in [3.63, 3.8) is 0 Å². The van der Waals surface area contributed by atoms with E-state index in [1.807, 2.05) is 6.92 Å². The zero-order valence-corrected chi connectivity index (χ0v) is 11.3. The molecule has 88 valence electrons. The number of halogens is 3. The Labute approximate surface area is 107 Å². The molecule has 0 heterocycles. The summed E-state index contributed by atoms with van der Waals surface area (Å²) >= 11 is 8.96. The second-order valence-corrected chi connectivity index (χ2v) is 4.45. The van der Waals surface area contributed by atoms with Gasteiger partial charge in [-0.25, -0.2) is 4.39 Å². The predicted molar refractivity (Wildman–Crippen MR) is 70.4 cm³/mol. The molecule has 0 atom stereocenters. The van der Waals surface area contributed by atoms with E-state index in [-0.39, 0.29) is 16.4 Å². The molecule has 0 aliphatic heterocycles. The van der Waals surface area contributed by atoms with Crippen LogP contribution in [0.15, 0.2) is 4.47 Å². The molecule has 3 nitrogen and oxygen atoms in total. The number of benzene rings is 1. The van der Waals surface area contributed by atoms with Crippen molar-refractivity contribution in [2.75, 3.05) is 24.2 Å². The number of nitrogens with two attached hydrogens (primary N) is 1. The fourth-order valence-electron chi connectivity index (χ4n) is 1.35. The Kier molecular flexibility index (Phi) is 4.15. The molecule has 0 saturated carbocycles. The first-order valence-corrected chi connectivity index (χ1v) is 5.80. The highest BCUT2D eigenvalue weighted by molar-refractivity contribution is 9.10. The predicted octanol–water partition coefficient (Wildman–Crippen LogP) is 3.28. The van der Waals surface area contributed by atoms with Gasteiger partial charge in [-0.05, 0) is 22.9 Å². The highest BCUT2D eigenvalue weighted by atomic mass is 79.9. The van der Waals surface area contributed by atoms with Gasteiger partial charge < -0.3 is 16.0 Å². The lowest BCUT2D eigenvalue weighted by Gasteiger charge is -2.22. The van der Waals surface area contributed by atoms with Crippen molar-refractivity contribution in [1.29, 1.82) is 5.41 Å². The minimum Gasteiger partial charge on any atom is -0.396 e. The van der Waals surface area contributed by atoms with Gasteiger partial charge in [0.15, 0.2) is 5.82 Å². The number of anilines is 2. The van der Waals surface area contributed by atoms with Crippen LogP contribution in [0.25, 0.3) is 0 Å². The lowest BCUT2D eigenvalue weighted by molar-refractivity contribution is 0.624. The van der Waals surface area contributed by atoms with E-state index in [2.05, 4.69) is 15.9 Å². The average Bonchev–Trinajstić information content (AvgIpc) is 2.27. The fourth-order valence-corrected chi connectivity index (χ4v) is 2.05. The first kappa shape index (κ1) is 13.3. The molecule has 1 rings (SSSR count). The molecular formula is C10H12BrClFN3. The summed E-state index contributed by atoms with van der Waals surface area (Å²) in [6.07, 6.45) is 1.05. The van der Waals surface area contributed by atoms with Crippen LogP contribution >= 0.6 is 27.5 Å². The Bertz CT molecular complexity index is 437. The van der Waals surface area contributed by atoms with E-state index in [4.69, 9.17) is 22.7 Å². The van der Waals surface area contributed by atoms with Crippen molar-refractivity contribution in [2.45, 2.75) is 6.92 Å². The first-order chi connectivity index (χ1) is 7.45. The second kappa shape index (κ2) is 5.01. The molecule has 0 saturated heterocycles. The quantitative estimate of drug-likeness (QED) is 0.511. The lowest BCUT2D eigenvalue weighted by Crippen LogP contribution is -2.20. The minimum atomic E-state index is -0.569. The van der Waals surface area contributed by atoms with Gasteiger partial charge in [-0.1, -0.05) is 11.6 Å². The van der Waals surface area contributed by atoms with E-state index < -0.39 is 5.82 Å². The van der Waals surface area contributed by atoms with Gasteiger partial charge in [0.05, 0.1) is 20.9 Å². The molecule has 0 aliphatic rings. The zero-order chi connectivity index (χ0) is 12.5. The van der Waals surface area contributed by atoms with Gasteiger partial charge in [-0.2, -0.15) is 0 Å². The van der Waals surface area contributed by atoms with Gasteiger partial charge in [0.25, 0.3) is 0 Å². The Morgan fingerprint density at radius 1 is 1.62 bits per heavy atom. The Hall–Kier alpha value is -0.810. The number of rotatable bonds is 3. The lowest BCUT2D eigenvalue weighted by atomic mass is 10.1. The molecule has 1 aromatic rings. The van der Waals surface area contributed by atoms with Gasteiger partial charge >= 0.3 is 0 Å². The van der Waals surface area contributed by atoms with E-state index in [1.165, 1.54) is 0 Å². The van der Waals surface area contributed by atoms with Crippen molar-refractivity contribution in [3.05, 3.63) is 20.9 Å². The summed E-state index contributed by atoms with van der Waals surface area (Å²) in [5, 5.41) is 7.20. The highest BCUT2D eigenvalue weighted by Gasteiger charge is 2.21. The standard InChI is InChI=1S/C10H12BrClFN3/c1-3-16(2)10-8(13)7(12)6(11)5(4-14)9(10)15/h4,14H,3,15H2,1-2H3. The van der Waals surface area contributed by atoms with Crippen LogP contribution in [0, 0.1) is 11.2 Å². The summed E-state index contributed by atoms with van der Waals surface area (Å²) in [4.78, 5) is 1.65. The van der Waals surface area contributed by atoms with E-state index in [0.717, 1.165) is 6.21 Å². The van der Waals surface area contributed by atoms with Gasteiger partial charge in [0.2, 0.25) is 0 Å². The summed E-state index contributed by atoms with van der Waals surface area (Å²) in [5.74, 6) is -0.569. The van der Waals surface area contributed by atoms with E-state index in [1.54, 1.807) is 11.9 Å². The summed E-state index contributed by atoms with van der Waals surface area (Å²) in [6, 6.07) is 0. The molecule has 0 amide bonds. The largest absolute Gasteiger partial charge is 0.396 e. The number of nitrogens with one attached hydrogen (secondary N) is 1. The van der Waals surface area contributed by atoms with Crippen LogP contribution in [0.1, 0.15) is 12.5 Å². The van der Waals surface area contributed by atoms with Gasteiger partial charge in [-0.15, -0.1) is 0 Å². The second-order valence-electron chi connectivity index (χ2n) is 3.28. The summed E-state index contributed by atoms with van der Waals surface area (Å²) in [7, 11) is 1.72. The fraction of sp³-hybridized carbons (Fsp3) is 0.300. The van der Waals surface area contributed by atoms with E-state index in [9.17, 15) is 4.39 Å². The molecule has 0 unspecified atom stereocenters. The molecular weight excluding hydrogens is 296 g/mol. The number of nitrogens with zero attached hydrogens (tertiary/aromatic N) is 1. The van der Waals surface area contributed by atoms with Crippen LogP contribution in [0.5, 0.6) is 0 Å². The molecule has 0 spiro atoms. The van der Waals surface area contributed by atoms with Crippen LogP contribution in [0.4, 0.5) is 15.8 Å². The third-order valence-corrected chi connectivity index (χ3v) is 3.78. The maximum atomic E-state index is 13.9. The van der Waals surface area contributed by atoms with Crippen LogP contribution in [-0.4, -0.2) is 19.8 Å². The Morgan fingerprint density at radius 2 is 2.19 bits per heavy atom. The summed E-state index contributed by atoms with van der Waals surface area (Å²) in [6.45, 7) is 2.47. The minimum absolute atomic E-state index is 0.0528. The average molecular weight is 309 g/mol. The van der Waals surface area contributed by atoms with Crippen molar-refractivity contribution < 1.29 is 4.39 Å². The van der Waals surface area contributed by atoms with Crippen LogP contribution in [0.2, 0.25) is 5.02 Å². The van der Waals surface area contributed by atoms with Crippen LogP contribution in [-0.2, 0) is 0 Å². The molecule has 0 bridgehead atoms. The third kappa shape index (κ3) is 2.01. The normalized spacial score (nSPS) is 10.3. The molecule has 3 N–H and O–H groups in total.